The highest BCUT2D eigenvalue weighted by atomic mass is 32.2. The Balaban J connectivity index is 1.47. The molecule has 0 aliphatic heterocycles. The van der Waals surface area contributed by atoms with Crippen LogP contribution in [0.4, 0.5) is 5.69 Å². The van der Waals surface area contributed by atoms with E-state index in [4.69, 9.17) is 0 Å². The second kappa shape index (κ2) is 12.2. The number of benzene rings is 3. The van der Waals surface area contributed by atoms with Gasteiger partial charge in [-0.3, -0.25) is 14.3 Å². The third-order valence-electron chi connectivity index (χ3n) is 7.61. The fraction of sp³-hybridized carbons (Fsp3) is 0.182. The molecule has 2 heterocycles. The number of carbonyl (C=O) groups excluding carboxylic acids is 1. The normalized spacial score (nSPS) is 11.7. The Hall–Kier alpha value is -5.16. The molecule has 0 bridgehead atoms. The number of aryl methyl sites for hydroxylation is 2. The van der Waals surface area contributed by atoms with Crippen LogP contribution >= 0.6 is 0 Å². The number of sulfonamides is 1. The van der Waals surface area contributed by atoms with Crippen LogP contribution in [0, 0.1) is 27.7 Å². The maximum atomic E-state index is 13.9. The Morgan fingerprint density at radius 3 is 2.16 bits per heavy atom. The van der Waals surface area contributed by atoms with E-state index in [1.165, 1.54) is 23.0 Å². The van der Waals surface area contributed by atoms with Crippen LogP contribution < -0.4 is 15.3 Å². The van der Waals surface area contributed by atoms with E-state index in [0.717, 1.165) is 32.5 Å². The molecule has 0 saturated heterocycles. The van der Waals surface area contributed by atoms with Crippen molar-refractivity contribution in [3.8, 4) is 11.4 Å². The van der Waals surface area contributed by atoms with Gasteiger partial charge in [0, 0.05) is 29.7 Å². The van der Waals surface area contributed by atoms with E-state index < -0.39 is 28.0 Å². The van der Waals surface area contributed by atoms with Crippen LogP contribution in [0.1, 0.15) is 28.2 Å². The first-order valence-corrected chi connectivity index (χ1v) is 15.4. The molecule has 0 aliphatic rings. The van der Waals surface area contributed by atoms with Crippen molar-refractivity contribution in [2.75, 3.05) is 10.8 Å². The van der Waals surface area contributed by atoms with Gasteiger partial charge in [-0.2, -0.15) is 5.10 Å². The van der Waals surface area contributed by atoms with Crippen LogP contribution in [0.15, 0.2) is 106 Å². The summed E-state index contributed by atoms with van der Waals surface area (Å²) in [6.45, 7) is 6.98. The predicted molar refractivity (Wildman–Crippen MR) is 172 cm³/mol. The first-order valence-electron chi connectivity index (χ1n) is 14.0. The summed E-state index contributed by atoms with van der Waals surface area (Å²) in [5.41, 5.74) is 7.59. The Bertz CT molecular complexity index is 2020. The fourth-order valence-electron chi connectivity index (χ4n) is 5.29. The Morgan fingerprint density at radius 2 is 1.50 bits per heavy atom. The van der Waals surface area contributed by atoms with Crippen LogP contribution in [0.5, 0.6) is 0 Å². The molecule has 0 aliphatic carbocycles. The third kappa shape index (κ3) is 5.61. The molecule has 0 atom stereocenters. The summed E-state index contributed by atoms with van der Waals surface area (Å²) in [5.74, 6) is -0.706. The predicted octanol–water partition coefficient (Wildman–Crippen LogP) is 4.55. The Kier molecular flexibility index (Phi) is 8.41. The summed E-state index contributed by atoms with van der Waals surface area (Å²) in [5, 5.41) is 4.14. The second-order valence-electron chi connectivity index (χ2n) is 10.5. The highest BCUT2D eigenvalue weighted by Crippen LogP contribution is 2.26. The highest BCUT2D eigenvalue weighted by Gasteiger charge is 2.33. The molecule has 0 radical (unpaired) electrons. The molecule has 11 heteroatoms. The van der Waals surface area contributed by atoms with Crippen LogP contribution in [-0.4, -0.2) is 41.0 Å². The molecule has 0 spiro atoms. The molecular formula is C33H34N6O4S. The molecular weight excluding hydrogens is 576 g/mol. The smallest absolute Gasteiger partial charge is 0.296 e. The lowest BCUT2D eigenvalue weighted by Crippen LogP contribution is -2.42. The summed E-state index contributed by atoms with van der Waals surface area (Å²) in [6.07, 6.45) is 1.53. The van der Waals surface area contributed by atoms with Gasteiger partial charge in [-0.15, -0.1) is 0 Å². The highest BCUT2D eigenvalue weighted by molar-refractivity contribution is 7.92. The van der Waals surface area contributed by atoms with E-state index in [0.29, 0.717) is 11.4 Å². The molecule has 10 nitrogen and oxygen atoms in total. The topological polar surface area (TPSA) is 111 Å². The average molecular weight is 611 g/mol. The number of carbonyl (C=O) groups is 1. The van der Waals surface area contributed by atoms with Gasteiger partial charge >= 0.3 is 0 Å². The number of hydrazone groups is 1. The first-order chi connectivity index (χ1) is 21.0. The molecule has 3 aromatic carbocycles. The van der Waals surface area contributed by atoms with Gasteiger partial charge in [-0.05, 0) is 69.7 Å². The van der Waals surface area contributed by atoms with E-state index in [1.807, 2.05) is 57.2 Å². The minimum absolute atomic E-state index is 0.0474. The quantitative estimate of drug-likeness (QED) is 0.195. The number of anilines is 1. The summed E-state index contributed by atoms with van der Waals surface area (Å²) < 4.78 is 33.8. The number of hydrogen-bond donors (Lipinski definition) is 1. The van der Waals surface area contributed by atoms with Crippen LogP contribution in [0.25, 0.3) is 11.4 Å². The zero-order chi connectivity index (χ0) is 31.6. The molecule has 226 valence electrons. The molecule has 0 fully saturated rings. The monoisotopic (exact) mass is 610 g/mol. The van der Waals surface area contributed by atoms with Gasteiger partial charge < -0.3 is 4.57 Å². The van der Waals surface area contributed by atoms with E-state index >= 15 is 0 Å². The van der Waals surface area contributed by atoms with Gasteiger partial charge in [0.05, 0.1) is 22.5 Å². The number of nitrogens with one attached hydrogen (secondary N) is 1. The number of para-hydroxylation sites is 2. The van der Waals surface area contributed by atoms with Crippen LogP contribution in [0.2, 0.25) is 0 Å². The SMILES string of the molecule is Cc1ccccc1-n1c(C)cc(/C=N\NC(=O)CN(c2c(C)n(C)n(-c3ccccc3)c2=O)S(=O)(=O)c2ccccc2)c1C. The van der Waals surface area contributed by atoms with E-state index in [9.17, 15) is 18.0 Å². The lowest BCUT2D eigenvalue weighted by molar-refractivity contribution is -0.119. The van der Waals surface area contributed by atoms with Crippen molar-refractivity contribution in [2.24, 2.45) is 12.1 Å². The number of aromatic nitrogens is 3. The van der Waals surface area contributed by atoms with Crippen LogP contribution in [0.3, 0.4) is 0 Å². The number of nitrogens with zero attached hydrogens (tertiary/aromatic N) is 5. The summed E-state index contributed by atoms with van der Waals surface area (Å²) in [7, 11) is -2.65. The molecule has 0 unspecified atom stereocenters. The van der Waals surface area contributed by atoms with Gasteiger partial charge in [0.15, 0.2) is 0 Å². The second-order valence-corrected chi connectivity index (χ2v) is 12.3. The van der Waals surface area contributed by atoms with E-state index in [1.54, 1.807) is 61.1 Å². The molecule has 5 rings (SSSR count). The summed E-state index contributed by atoms with van der Waals surface area (Å²) >= 11 is 0. The number of hydrogen-bond acceptors (Lipinski definition) is 5. The van der Waals surface area contributed by atoms with Gasteiger partial charge in [0.1, 0.15) is 12.2 Å². The first kappa shape index (κ1) is 30.3. The molecule has 5 aromatic rings. The maximum absolute atomic E-state index is 13.9. The van der Waals surface area contributed by atoms with Gasteiger partial charge in [0.2, 0.25) is 0 Å². The number of amides is 1. The third-order valence-corrected chi connectivity index (χ3v) is 9.37. The van der Waals surface area contributed by atoms with Crippen LogP contribution in [-0.2, 0) is 21.9 Å². The Labute approximate surface area is 256 Å². The molecule has 2 aromatic heterocycles. The summed E-state index contributed by atoms with van der Waals surface area (Å²) in [4.78, 5) is 27.0. The zero-order valence-electron chi connectivity index (χ0n) is 25.2. The fourth-order valence-corrected chi connectivity index (χ4v) is 6.78. The van der Waals surface area contributed by atoms with Crippen molar-refractivity contribution in [1.29, 1.82) is 0 Å². The largest absolute Gasteiger partial charge is 0.318 e. The van der Waals surface area contributed by atoms with Gasteiger partial charge in [-0.25, -0.2) is 22.8 Å². The molecule has 1 N–H and O–H groups in total. The lowest BCUT2D eigenvalue weighted by Gasteiger charge is -2.22. The van der Waals surface area contributed by atoms with E-state index in [-0.39, 0.29) is 10.6 Å². The van der Waals surface area contributed by atoms with Crippen molar-refractivity contribution in [3.63, 3.8) is 0 Å². The molecule has 1 amide bonds. The van der Waals surface area contributed by atoms with Gasteiger partial charge in [0.25, 0.3) is 21.5 Å². The van der Waals surface area contributed by atoms with Crippen molar-refractivity contribution in [1.82, 2.24) is 19.4 Å². The molecule has 44 heavy (non-hydrogen) atoms. The van der Waals surface area contributed by atoms with E-state index in [2.05, 4.69) is 15.1 Å². The minimum atomic E-state index is -4.31. The number of rotatable bonds is 9. The Morgan fingerprint density at radius 1 is 0.886 bits per heavy atom. The minimum Gasteiger partial charge on any atom is -0.318 e. The van der Waals surface area contributed by atoms with Gasteiger partial charge in [-0.1, -0.05) is 54.6 Å². The zero-order valence-corrected chi connectivity index (χ0v) is 26.0. The van der Waals surface area contributed by atoms with Crippen molar-refractivity contribution in [2.45, 2.75) is 32.6 Å². The maximum Gasteiger partial charge on any atom is 0.296 e. The average Bonchev–Trinajstić information content (AvgIpc) is 3.41. The van der Waals surface area contributed by atoms with Crippen molar-refractivity contribution < 1.29 is 13.2 Å². The lowest BCUT2D eigenvalue weighted by atomic mass is 10.2. The summed E-state index contributed by atoms with van der Waals surface area (Å²) in [6, 6.07) is 26.6. The standard InChI is InChI=1S/C33H34N6O4S/c1-23-14-12-13-19-30(23)38-24(2)20-27(25(38)3)21-34-35-31(40)22-37(44(42,43)29-17-10-7-11-18-29)32-26(4)36(5)39(33(32)41)28-15-8-6-9-16-28/h6-21H,22H2,1-5H3,(H,35,40)/b34-21-. The van der Waals surface area contributed by atoms with Crippen molar-refractivity contribution in [3.05, 3.63) is 130 Å². The molecule has 0 saturated carbocycles. The van der Waals surface area contributed by atoms with Crippen molar-refractivity contribution >= 4 is 27.8 Å².